The lowest BCUT2D eigenvalue weighted by atomic mass is 9.72. The van der Waals surface area contributed by atoms with Crippen LogP contribution in [0.5, 0.6) is 0 Å². The van der Waals surface area contributed by atoms with Crippen molar-refractivity contribution in [1.82, 2.24) is 10.6 Å². The molecular weight excluding hydrogens is 330 g/mol. The van der Waals surface area contributed by atoms with Crippen LogP contribution < -0.4 is 10.6 Å². The van der Waals surface area contributed by atoms with Crippen molar-refractivity contribution in [1.29, 1.82) is 0 Å². The number of amides is 3. The molecule has 3 aliphatic rings. The summed E-state index contributed by atoms with van der Waals surface area (Å²) in [7, 11) is 0. The van der Waals surface area contributed by atoms with E-state index in [1.807, 2.05) is 24.3 Å². The number of fused-ring (bicyclic) bond motifs is 1. The molecule has 134 valence electrons. The fourth-order valence-corrected chi connectivity index (χ4v) is 4.02. The van der Waals surface area contributed by atoms with Gasteiger partial charge in [-0.05, 0) is 29.9 Å². The number of rotatable bonds is 2. The molecule has 3 amide bonds. The number of carbonyl (C=O) groups is 3. The van der Waals surface area contributed by atoms with Crippen LogP contribution in [0.1, 0.15) is 56.1 Å². The smallest absolute Gasteiger partial charge is 0.295 e. The van der Waals surface area contributed by atoms with E-state index >= 15 is 0 Å². The fraction of sp³-hybridized carbons (Fsp3) is 0.400. The Labute approximate surface area is 151 Å². The highest BCUT2D eigenvalue weighted by Crippen LogP contribution is 2.43. The van der Waals surface area contributed by atoms with Crippen molar-refractivity contribution in [3.8, 4) is 0 Å². The fourth-order valence-electron chi connectivity index (χ4n) is 4.02. The molecule has 6 nitrogen and oxygen atoms in total. The van der Waals surface area contributed by atoms with Gasteiger partial charge in [-0.1, -0.05) is 38.1 Å². The van der Waals surface area contributed by atoms with Gasteiger partial charge in [0, 0.05) is 23.6 Å². The highest BCUT2D eigenvalue weighted by Gasteiger charge is 2.46. The van der Waals surface area contributed by atoms with Crippen molar-refractivity contribution in [2.75, 3.05) is 0 Å². The normalized spacial score (nSPS) is 25.3. The number of benzene rings is 1. The second-order valence-electron chi connectivity index (χ2n) is 7.35. The molecular formula is C20H21N3O3. The first-order valence-electron chi connectivity index (χ1n) is 9.02. The van der Waals surface area contributed by atoms with Crippen LogP contribution in [0.25, 0.3) is 0 Å². The number of nitrogens with one attached hydrogen (secondary N) is 2. The molecule has 26 heavy (non-hydrogen) atoms. The van der Waals surface area contributed by atoms with Crippen LogP contribution >= 0.6 is 0 Å². The molecule has 1 saturated heterocycles. The van der Waals surface area contributed by atoms with Crippen LogP contribution in [0.3, 0.4) is 0 Å². The maximum atomic E-state index is 12.7. The summed E-state index contributed by atoms with van der Waals surface area (Å²) in [5, 5.41) is 4.97. The largest absolute Gasteiger partial charge is 0.326 e. The molecule has 4 rings (SSSR count). The van der Waals surface area contributed by atoms with Gasteiger partial charge in [0.25, 0.3) is 0 Å². The quantitative estimate of drug-likeness (QED) is 0.859. The molecule has 0 spiro atoms. The van der Waals surface area contributed by atoms with Gasteiger partial charge >= 0.3 is 6.03 Å². The number of carbonyl (C=O) groups excluding carboxylic acids is 3. The van der Waals surface area contributed by atoms with E-state index in [1.165, 1.54) is 5.56 Å². The SMILES string of the molecule is CC(C)c1ccc(C2C3=C(CCCC3=O)N=C3NC(=O)NC(=O)C32)cc1. The van der Waals surface area contributed by atoms with Crippen LogP contribution in [0.4, 0.5) is 4.79 Å². The van der Waals surface area contributed by atoms with Gasteiger partial charge < -0.3 is 0 Å². The summed E-state index contributed by atoms with van der Waals surface area (Å²) in [5.41, 5.74) is 3.44. The highest BCUT2D eigenvalue weighted by atomic mass is 16.2. The first-order valence-corrected chi connectivity index (χ1v) is 9.02. The molecule has 2 unspecified atom stereocenters. The van der Waals surface area contributed by atoms with E-state index in [-0.39, 0.29) is 5.78 Å². The molecule has 1 aromatic carbocycles. The van der Waals surface area contributed by atoms with E-state index < -0.39 is 23.8 Å². The van der Waals surface area contributed by atoms with Gasteiger partial charge in [0.05, 0.1) is 0 Å². The van der Waals surface area contributed by atoms with Gasteiger partial charge in [0.2, 0.25) is 5.91 Å². The average Bonchev–Trinajstić information content (AvgIpc) is 2.60. The van der Waals surface area contributed by atoms with Crippen molar-refractivity contribution in [2.45, 2.75) is 44.9 Å². The number of hydrogen-bond donors (Lipinski definition) is 2. The standard InChI is InChI=1S/C20H21N3O3/c1-10(2)11-6-8-12(9-7-11)15-16-13(4-3-5-14(16)24)21-18-17(15)19(25)23-20(26)22-18/h6-10,15,17H,3-5H2,1-2H3,(H2,21,22,23,25,26). The topological polar surface area (TPSA) is 87.6 Å². The Bertz CT molecular complexity index is 865. The Morgan fingerprint density at radius 3 is 2.42 bits per heavy atom. The van der Waals surface area contributed by atoms with Crippen LogP contribution in [-0.4, -0.2) is 23.6 Å². The van der Waals surface area contributed by atoms with Crippen LogP contribution in [0, 0.1) is 5.92 Å². The number of Topliss-reactive ketones (excluding diaryl/α,β-unsaturated/α-hetero) is 1. The summed E-state index contributed by atoms with van der Waals surface area (Å²) in [4.78, 5) is 41.5. The zero-order valence-electron chi connectivity index (χ0n) is 14.8. The molecule has 2 aliphatic heterocycles. The van der Waals surface area contributed by atoms with Crippen molar-refractivity contribution >= 4 is 23.6 Å². The number of urea groups is 1. The second kappa shape index (κ2) is 6.20. The lowest BCUT2D eigenvalue weighted by Gasteiger charge is -2.37. The monoisotopic (exact) mass is 351 g/mol. The molecule has 1 aromatic rings. The number of aliphatic imine (C=N–C) groups is 1. The summed E-state index contributed by atoms with van der Waals surface area (Å²) in [6.07, 6.45) is 1.92. The first-order chi connectivity index (χ1) is 12.5. The van der Waals surface area contributed by atoms with Crippen LogP contribution in [0.2, 0.25) is 0 Å². The van der Waals surface area contributed by atoms with Crippen LogP contribution in [0.15, 0.2) is 40.5 Å². The summed E-state index contributed by atoms with van der Waals surface area (Å²) < 4.78 is 0. The van der Waals surface area contributed by atoms with Gasteiger partial charge in [-0.3, -0.25) is 20.2 Å². The minimum atomic E-state index is -0.682. The minimum Gasteiger partial charge on any atom is -0.295 e. The van der Waals surface area contributed by atoms with Crippen molar-refractivity contribution < 1.29 is 14.4 Å². The lowest BCUT2D eigenvalue weighted by Crippen LogP contribution is -2.58. The molecule has 6 heteroatoms. The lowest BCUT2D eigenvalue weighted by molar-refractivity contribution is -0.122. The van der Waals surface area contributed by atoms with Crippen molar-refractivity contribution in [3.63, 3.8) is 0 Å². The van der Waals surface area contributed by atoms with Gasteiger partial charge in [-0.2, -0.15) is 0 Å². The Balaban J connectivity index is 1.85. The molecule has 0 bridgehead atoms. The number of nitrogens with zero attached hydrogens (tertiary/aromatic N) is 1. The molecule has 0 aromatic heterocycles. The Morgan fingerprint density at radius 2 is 1.73 bits per heavy atom. The molecule has 1 fully saturated rings. The third-order valence-corrected chi connectivity index (χ3v) is 5.35. The maximum absolute atomic E-state index is 12.7. The molecule has 0 radical (unpaired) electrons. The second-order valence-corrected chi connectivity index (χ2v) is 7.35. The van der Waals surface area contributed by atoms with E-state index in [2.05, 4.69) is 29.5 Å². The van der Waals surface area contributed by atoms with Crippen molar-refractivity contribution in [2.24, 2.45) is 10.9 Å². The molecule has 2 heterocycles. The van der Waals surface area contributed by atoms with Crippen LogP contribution in [-0.2, 0) is 9.59 Å². The maximum Gasteiger partial charge on any atom is 0.326 e. The van der Waals surface area contributed by atoms with E-state index in [4.69, 9.17) is 0 Å². The Morgan fingerprint density at radius 1 is 1.00 bits per heavy atom. The molecule has 1 aliphatic carbocycles. The number of imide groups is 1. The minimum absolute atomic E-state index is 0.0525. The van der Waals surface area contributed by atoms with E-state index in [1.54, 1.807) is 0 Å². The van der Waals surface area contributed by atoms with Gasteiger partial charge in [-0.15, -0.1) is 0 Å². The third kappa shape index (κ3) is 2.66. The number of ketones is 1. The first kappa shape index (κ1) is 16.7. The predicted molar refractivity (Wildman–Crippen MR) is 96.8 cm³/mol. The highest BCUT2D eigenvalue weighted by molar-refractivity contribution is 6.20. The summed E-state index contributed by atoms with van der Waals surface area (Å²) >= 11 is 0. The van der Waals surface area contributed by atoms with Gasteiger partial charge in [0.15, 0.2) is 5.78 Å². The van der Waals surface area contributed by atoms with Gasteiger partial charge in [-0.25, -0.2) is 9.79 Å². The Kier molecular flexibility index (Phi) is 3.98. The third-order valence-electron chi connectivity index (χ3n) is 5.35. The summed E-state index contributed by atoms with van der Waals surface area (Å²) in [6.45, 7) is 4.24. The average molecular weight is 351 g/mol. The molecule has 2 atom stereocenters. The zero-order valence-corrected chi connectivity index (χ0v) is 14.8. The van der Waals surface area contributed by atoms with Gasteiger partial charge in [0.1, 0.15) is 11.8 Å². The molecule has 2 N–H and O–H groups in total. The predicted octanol–water partition coefficient (Wildman–Crippen LogP) is 2.77. The van der Waals surface area contributed by atoms with E-state index in [0.717, 1.165) is 12.0 Å². The number of amidine groups is 1. The van der Waals surface area contributed by atoms with E-state index in [0.29, 0.717) is 35.9 Å². The molecule has 0 saturated carbocycles. The number of allylic oxidation sites excluding steroid dienone is 2. The number of hydrogen-bond acceptors (Lipinski definition) is 4. The summed E-state index contributed by atoms with van der Waals surface area (Å²) in [6, 6.07) is 7.49. The summed E-state index contributed by atoms with van der Waals surface area (Å²) in [5.74, 6) is -0.696. The Hall–Kier alpha value is -2.76. The zero-order chi connectivity index (χ0) is 18.4. The van der Waals surface area contributed by atoms with E-state index in [9.17, 15) is 14.4 Å². The van der Waals surface area contributed by atoms with Crippen molar-refractivity contribution in [3.05, 3.63) is 46.7 Å².